The highest BCUT2D eigenvalue weighted by atomic mass is 19.1. The lowest BCUT2D eigenvalue weighted by Gasteiger charge is -2.31. The third-order valence-corrected chi connectivity index (χ3v) is 5.17. The molecule has 30 heavy (non-hydrogen) atoms. The lowest BCUT2D eigenvalue weighted by molar-refractivity contribution is -0.121. The van der Waals surface area contributed by atoms with Gasteiger partial charge in [0.15, 0.2) is 11.6 Å². The van der Waals surface area contributed by atoms with E-state index < -0.39 is 5.82 Å². The van der Waals surface area contributed by atoms with Gasteiger partial charge in [-0.05, 0) is 37.1 Å². The van der Waals surface area contributed by atoms with Crippen LogP contribution < -0.4 is 19.5 Å². The molecular formula is C22H25FN2O5. The number of hydrogen-bond donors (Lipinski definition) is 1. The Morgan fingerprint density at radius 3 is 2.13 bits per heavy atom. The first-order valence-electron chi connectivity index (χ1n) is 9.62. The number of carbonyl (C=O) groups is 2. The fraction of sp³-hybridized carbons (Fsp3) is 0.364. The molecule has 0 unspecified atom stereocenters. The number of nitrogens with one attached hydrogen (secondary N) is 1. The van der Waals surface area contributed by atoms with Crippen LogP contribution in [0, 0.1) is 11.7 Å². The first-order valence-corrected chi connectivity index (χ1v) is 9.62. The molecule has 160 valence electrons. The molecule has 0 aromatic heterocycles. The van der Waals surface area contributed by atoms with Crippen molar-refractivity contribution in [2.75, 3.05) is 39.7 Å². The molecular weight excluding hydrogens is 391 g/mol. The molecule has 1 aliphatic heterocycles. The summed E-state index contributed by atoms with van der Waals surface area (Å²) >= 11 is 0. The molecule has 0 saturated carbocycles. The standard InChI is InChI=1S/C22H25FN2O5/c1-28-17-10-15(11-18(13-17)29-2)22(27)25-8-6-14(7-9-25)21(26)24-16-4-5-20(30-3)19(23)12-16/h4-5,10-14H,6-9H2,1-3H3,(H,24,26). The molecule has 0 aliphatic carbocycles. The molecule has 8 heteroatoms. The van der Waals surface area contributed by atoms with Crippen molar-refractivity contribution < 1.29 is 28.2 Å². The monoisotopic (exact) mass is 416 g/mol. The second-order valence-corrected chi connectivity index (χ2v) is 7.01. The van der Waals surface area contributed by atoms with Gasteiger partial charge in [-0.15, -0.1) is 0 Å². The maximum atomic E-state index is 13.8. The summed E-state index contributed by atoms with van der Waals surface area (Å²) in [6.07, 6.45) is 1.05. The van der Waals surface area contributed by atoms with Gasteiger partial charge in [-0.3, -0.25) is 9.59 Å². The Morgan fingerprint density at radius 1 is 0.967 bits per heavy atom. The Morgan fingerprint density at radius 2 is 1.60 bits per heavy atom. The van der Waals surface area contributed by atoms with Crippen molar-refractivity contribution in [3.05, 3.63) is 47.8 Å². The number of nitrogens with zero attached hydrogens (tertiary/aromatic N) is 1. The zero-order valence-electron chi connectivity index (χ0n) is 17.2. The van der Waals surface area contributed by atoms with Gasteiger partial charge in [0.1, 0.15) is 11.5 Å². The number of benzene rings is 2. The molecule has 0 spiro atoms. The molecule has 1 saturated heterocycles. The quantitative estimate of drug-likeness (QED) is 0.782. The Bertz CT molecular complexity index is 903. The van der Waals surface area contributed by atoms with Gasteiger partial charge in [-0.25, -0.2) is 4.39 Å². The summed E-state index contributed by atoms with van der Waals surface area (Å²) in [4.78, 5) is 27.1. The first kappa shape index (κ1) is 21.4. The number of piperidine rings is 1. The average molecular weight is 416 g/mol. The van der Waals surface area contributed by atoms with Crippen molar-refractivity contribution in [2.24, 2.45) is 5.92 Å². The lowest BCUT2D eigenvalue weighted by Crippen LogP contribution is -2.41. The van der Waals surface area contributed by atoms with Gasteiger partial charge in [0.2, 0.25) is 5.91 Å². The number of halogens is 1. The molecule has 0 atom stereocenters. The molecule has 2 aromatic carbocycles. The lowest BCUT2D eigenvalue weighted by atomic mass is 9.95. The number of ether oxygens (including phenoxy) is 3. The minimum absolute atomic E-state index is 0.119. The maximum absolute atomic E-state index is 13.8. The normalized spacial score (nSPS) is 14.2. The van der Waals surface area contributed by atoms with Crippen LogP contribution in [0.2, 0.25) is 0 Å². The van der Waals surface area contributed by atoms with E-state index in [1.165, 1.54) is 33.5 Å². The van der Waals surface area contributed by atoms with Crippen LogP contribution in [0.15, 0.2) is 36.4 Å². The van der Waals surface area contributed by atoms with Gasteiger partial charge >= 0.3 is 0 Å². The largest absolute Gasteiger partial charge is 0.497 e. The fourth-order valence-corrected chi connectivity index (χ4v) is 3.45. The Labute approximate surface area is 174 Å². The van der Waals surface area contributed by atoms with E-state index in [9.17, 15) is 14.0 Å². The Hall–Kier alpha value is -3.29. The molecule has 0 bridgehead atoms. The molecule has 2 aromatic rings. The van der Waals surface area contributed by atoms with Crippen molar-refractivity contribution >= 4 is 17.5 Å². The van der Waals surface area contributed by atoms with Crippen molar-refractivity contribution in [1.82, 2.24) is 4.90 Å². The number of anilines is 1. The number of carbonyl (C=O) groups excluding carboxylic acids is 2. The molecule has 2 amide bonds. The highest BCUT2D eigenvalue weighted by Gasteiger charge is 2.28. The van der Waals surface area contributed by atoms with E-state index in [1.54, 1.807) is 29.2 Å². The molecule has 0 radical (unpaired) electrons. The zero-order chi connectivity index (χ0) is 21.7. The van der Waals surface area contributed by atoms with E-state index in [2.05, 4.69) is 5.32 Å². The number of hydrogen-bond acceptors (Lipinski definition) is 5. The Balaban J connectivity index is 1.59. The average Bonchev–Trinajstić information content (AvgIpc) is 2.78. The highest BCUT2D eigenvalue weighted by molar-refractivity contribution is 5.96. The van der Waals surface area contributed by atoms with Gasteiger partial charge in [0.05, 0.1) is 21.3 Å². The van der Waals surface area contributed by atoms with Crippen LogP contribution in [0.5, 0.6) is 17.2 Å². The third-order valence-electron chi connectivity index (χ3n) is 5.17. The van der Waals surface area contributed by atoms with E-state index in [-0.39, 0.29) is 23.5 Å². The predicted octanol–water partition coefficient (Wildman–Crippen LogP) is 3.34. The molecule has 1 N–H and O–H groups in total. The van der Waals surface area contributed by atoms with E-state index in [0.29, 0.717) is 48.7 Å². The van der Waals surface area contributed by atoms with Crippen molar-refractivity contribution in [1.29, 1.82) is 0 Å². The van der Waals surface area contributed by atoms with E-state index in [1.807, 2.05) is 0 Å². The van der Waals surface area contributed by atoms with Crippen LogP contribution in [0.4, 0.5) is 10.1 Å². The third kappa shape index (κ3) is 4.82. The van der Waals surface area contributed by atoms with Gasteiger partial charge in [0, 0.05) is 42.4 Å². The maximum Gasteiger partial charge on any atom is 0.254 e. The second-order valence-electron chi connectivity index (χ2n) is 7.01. The van der Waals surface area contributed by atoms with Crippen LogP contribution in [0.25, 0.3) is 0 Å². The summed E-state index contributed by atoms with van der Waals surface area (Å²) in [6.45, 7) is 0.904. The van der Waals surface area contributed by atoms with Gasteiger partial charge < -0.3 is 24.4 Å². The minimum Gasteiger partial charge on any atom is -0.497 e. The molecule has 7 nitrogen and oxygen atoms in total. The molecule has 3 rings (SSSR count). The van der Waals surface area contributed by atoms with Crippen molar-refractivity contribution in [3.8, 4) is 17.2 Å². The van der Waals surface area contributed by atoms with Crippen LogP contribution in [-0.2, 0) is 4.79 Å². The summed E-state index contributed by atoms with van der Waals surface area (Å²) in [7, 11) is 4.44. The minimum atomic E-state index is -0.538. The van der Waals surface area contributed by atoms with E-state index in [0.717, 1.165) is 0 Å². The smallest absolute Gasteiger partial charge is 0.254 e. The number of amides is 2. The Kier molecular flexibility index (Phi) is 6.76. The summed E-state index contributed by atoms with van der Waals surface area (Å²) in [5.74, 6) is 0.0906. The summed E-state index contributed by atoms with van der Waals surface area (Å²) in [5.41, 5.74) is 0.850. The van der Waals surface area contributed by atoms with Gasteiger partial charge in [-0.1, -0.05) is 0 Å². The van der Waals surface area contributed by atoms with Gasteiger partial charge in [-0.2, -0.15) is 0 Å². The number of rotatable bonds is 6. The summed E-state index contributed by atoms with van der Waals surface area (Å²) in [6, 6.07) is 9.33. The number of methoxy groups -OCH3 is 3. The summed E-state index contributed by atoms with van der Waals surface area (Å²) < 4.78 is 29.1. The van der Waals surface area contributed by atoms with E-state index in [4.69, 9.17) is 14.2 Å². The molecule has 1 aliphatic rings. The highest BCUT2D eigenvalue weighted by Crippen LogP contribution is 2.26. The molecule has 1 fully saturated rings. The second kappa shape index (κ2) is 9.47. The van der Waals surface area contributed by atoms with Crippen LogP contribution >= 0.6 is 0 Å². The van der Waals surface area contributed by atoms with Crippen LogP contribution in [0.1, 0.15) is 23.2 Å². The zero-order valence-corrected chi connectivity index (χ0v) is 17.2. The summed E-state index contributed by atoms with van der Waals surface area (Å²) in [5, 5.41) is 2.74. The van der Waals surface area contributed by atoms with Crippen LogP contribution in [0.3, 0.4) is 0 Å². The van der Waals surface area contributed by atoms with E-state index >= 15 is 0 Å². The predicted molar refractivity (Wildman–Crippen MR) is 110 cm³/mol. The topological polar surface area (TPSA) is 77.1 Å². The van der Waals surface area contributed by atoms with Crippen LogP contribution in [-0.4, -0.2) is 51.1 Å². The fourth-order valence-electron chi connectivity index (χ4n) is 3.45. The first-order chi connectivity index (χ1) is 14.4. The van der Waals surface area contributed by atoms with Crippen molar-refractivity contribution in [3.63, 3.8) is 0 Å². The SMILES string of the molecule is COc1cc(OC)cc(C(=O)N2CCC(C(=O)Nc3ccc(OC)c(F)c3)CC2)c1. The van der Waals surface area contributed by atoms with Crippen molar-refractivity contribution in [2.45, 2.75) is 12.8 Å². The molecule has 1 heterocycles. The number of likely N-dealkylation sites (tertiary alicyclic amines) is 1. The van der Waals surface area contributed by atoms with Gasteiger partial charge in [0.25, 0.3) is 5.91 Å².